The first-order chi connectivity index (χ1) is 10.9. The lowest BCUT2D eigenvalue weighted by Crippen LogP contribution is -2.11. The summed E-state index contributed by atoms with van der Waals surface area (Å²) in [6, 6.07) is 5.74. The number of halogens is 1. The number of aryl methyl sites for hydroxylation is 1. The molecule has 7 nitrogen and oxygen atoms in total. The Hall–Kier alpha value is -2.80. The second-order valence-corrected chi connectivity index (χ2v) is 4.89. The number of carbonyl (C=O) groups excluding carboxylic acids is 2. The zero-order valence-corrected chi connectivity index (χ0v) is 13.0. The van der Waals surface area contributed by atoms with E-state index in [1.165, 1.54) is 32.2 Å². The lowest BCUT2D eigenvalue weighted by Gasteiger charge is -2.14. The third-order valence-electron chi connectivity index (χ3n) is 3.25. The van der Waals surface area contributed by atoms with Gasteiger partial charge in [-0.05, 0) is 13.0 Å². The summed E-state index contributed by atoms with van der Waals surface area (Å²) < 4.78 is 4.71. The minimum absolute atomic E-state index is 0.0340. The van der Waals surface area contributed by atoms with Crippen LogP contribution in [0.15, 0.2) is 24.3 Å². The number of nitrogens with zero attached hydrogens (tertiary/aromatic N) is 2. The molecular weight excluding hydrogens is 324 g/mol. The van der Waals surface area contributed by atoms with Crippen LogP contribution >= 0.6 is 11.6 Å². The van der Waals surface area contributed by atoms with Crippen LogP contribution in [-0.4, -0.2) is 29.3 Å². The minimum atomic E-state index is -0.761. The molecule has 23 heavy (non-hydrogen) atoms. The van der Waals surface area contributed by atoms with Crippen molar-refractivity contribution in [2.75, 3.05) is 7.11 Å². The van der Waals surface area contributed by atoms with Crippen LogP contribution in [0.1, 0.15) is 26.4 Å². The van der Waals surface area contributed by atoms with Crippen LogP contribution in [0.5, 0.6) is 0 Å². The van der Waals surface area contributed by atoms with Gasteiger partial charge in [-0.1, -0.05) is 23.7 Å². The summed E-state index contributed by atoms with van der Waals surface area (Å²) in [6.07, 6.45) is 0.410. The Labute approximate surface area is 136 Å². The molecule has 2 rings (SSSR count). The van der Waals surface area contributed by atoms with Crippen molar-refractivity contribution >= 4 is 29.5 Å². The SMILES string of the molecule is COC(=O)c1c(C)nc(Cl)c(C=O)c1-c1ccccc1[N+](=O)[O-]. The Morgan fingerprint density at radius 1 is 1.39 bits per heavy atom. The van der Waals surface area contributed by atoms with Crippen molar-refractivity contribution in [2.24, 2.45) is 0 Å². The van der Waals surface area contributed by atoms with E-state index in [4.69, 9.17) is 16.3 Å². The number of rotatable bonds is 4. The van der Waals surface area contributed by atoms with E-state index in [9.17, 15) is 19.7 Å². The molecule has 0 unspecified atom stereocenters. The molecule has 1 heterocycles. The van der Waals surface area contributed by atoms with Gasteiger partial charge in [-0.25, -0.2) is 9.78 Å². The summed E-state index contributed by atoms with van der Waals surface area (Å²) in [5.74, 6) is -0.761. The Morgan fingerprint density at radius 2 is 2.04 bits per heavy atom. The average Bonchev–Trinajstić information content (AvgIpc) is 2.53. The van der Waals surface area contributed by atoms with Gasteiger partial charge in [-0.15, -0.1) is 0 Å². The van der Waals surface area contributed by atoms with Crippen molar-refractivity contribution in [3.8, 4) is 11.1 Å². The smallest absolute Gasteiger partial charge is 0.340 e. The number of aromatic nitrogens is 1. The average molecular weight is 335 g/mol. The number of carbonyl (C=O) groups is 2. The molecule has 0 aliphatic rings. The maximum Gasteiger partial charge on any atom is 0.340 e. The Morgan fingerprint density at radius 3 is 2.61 bits per heavy atom. The van der Waals surface area contributed by atoms with Gasteiger partial charge in [0.1, 0.15) is 5.15 Å². The summed E-state index contributed by atoms with van der Waals surface area (Å²) in [4.78, 5) is 38.1. The molecule has 0 spiro atoms. The Balaban J connectivity index is 2.98. The fraction of sp³-hybridized carbons (Fsp3) is 0.133. The number of para-hydroxylation sites is 1. The van der Waals surface area contributed by atoms with Crippen LogP contribution < -0.4 is 0 Å². The molecule has 0 aliphatic carbocycles. The second kappa shape index (κ2) is 6.53. The zero-order valence-electron chi connectivity index (χ0n) is 12.2. The van der Waals surface area contributed by atoms with E-state index in [0.717, 1.165) is 0 Å². The van der Waals surface area contributed by atoms with Gasteiger partial charge in [0.05, 0.1) is 34.4 Å². The second-order valence-electron chi connectivity index (χ2n) is 4.54. The fourth-order valence-corrected chi connectivity index (χ4v) is 2.53. The predicted molar refractivity (Wildman–Crippen MR) is 82.8 cm³/mol. The summed E-state index contributed by atoms with van der Waals surface area (Å²) in [7, 11) is 1.17. The molecule has 0 N–H and O–H groups in total. The number of hydrogen-bond donors (Lipinski definition) is 0. The van der Waals surface area contributed by atoms with E-state index in [1.807, 2.05) is 0 Å². The van der Waals surface area contributed by atoms with Crippen molar-refractivity contribution < 1.29 is 19.2 Å². The van der Waals surface area contributed by atoms with E-state index in [0.29, 0.717) is 6.29 Å². The standard InChI is InChI=1S/C15H11ClN2O5/c1-8-12(15(20)23-2)13(10(7-19)14(16)17-8)9-5-3-4-6-11(9)18(21)22/h3-7H,1-2H3. The first-order valence-electron chi connectivity index (χ1n) is 6.39. The first kappa shape index (κ1) is 16.6. The van der Waals surface area contributed by atoms with Gasteiger partial charge in [0, 0.05) is 11.6 Å². The van der Waals surface area contributed by atoms with Crippen molar-refractivity contribution in [1.29, 1.82) is 0 Å². The number of pyridine rings is 1. The third kappa shape index (κ3) is 2.91. The van der Waals surface area contributed by atoms with Crippen LogP contribution in [0, 0.1) is 17.0 Å². The van der Waals surface area contributed by atoms with Crippen LogP contribution in [0.25, 0.3) is 11.1 Å². The Kier molecular flexibility index (Phi) is 4.71. The maximum absolute atomic E-state index is 12.1. The van der Waals surface area contributed by atoms with Crippen LogP contribution in [-0.2, 0) is 4.74 Å². The van der Waals surface area contributed by atoms with E-state index < -0.39 is 10.9 Å². The number of methoxy groups -OCH3 is 1. The molecule has 0 radical (unpaired) electrons. The molecule has 0 fully saturated rings. The number of nitro groups is 1. The van der Waals surface area contributed by atoms with Crippen molar-refractivity contribution in [2.45, 2.75) is 6.92 Å². The summed E-state index contributed by atoms with van der Waals surface area (Å²) in [6.45, 7) is 1.50. The number of nitro benzene ring substituents is 1. The highest BCUT2D eigenvalue weighted by molar-refractivity contribution is 6.33. The van der Waals surface area contributed by atoms with E-state index in [2.05, 4.69) is 4.98 Å². The molecule has 8 heteroatoms. The number of aldehydes is 1. The molecule has 1 aromatic carbocycles. The molecule has 0 saturated carbocycles. The van der Waals surface area contributed by atoms with Gasteiger partial charge in [-0.3, -0.25) is 14.9 Å². The topological polar surface area (TPSA) is 99.4 Å². The fourth-order valence-electron chi connectivity index (χ4n) is 2.27. The van der Waals surface area contributed by atoms with E-state index in [-0.39, 0.29) is 38.8 Å². The summed E-state index contributed by atoms with van der Waals surface area (Å²) in [5, 5.41) is 11.1. The number of esters is 1. The van der Waals surface area contributed by atoms with Gasteiger partial charge < -0.3 is 4.74 Å². The molecule has 0 saturated heterocycles. The van der Waals surface area contributed by atoms with Gasteiger partial charge in [0.2, 0.25) is 0 Å². The predicted octanol–water partition coefficient (Wildman–Crippen LogP) is 3.22. The van der Waals surface area contributed by atoms with Gasteiger partial charge in [0.25, 0.3) is 5.69 Å². The molecular formula is C15H11ClN2O5. The Bertz CT molecular complexity index is 820. The van der Waals surface area contributed by atoms with E-state index >= 15 is 0 Å². The summed E-state index contributed by atoms with van der Waals surface area (Å²) in [5.41, 5.74) is -0.0627. The molecule has 0 aliphatic heterocycles. The molecule has 1 aromatic heterocycles. The normalized spacial score (nSPS) is 10.2. The highest BCUT2D eigenvalue weighted by Crippen LogP contribution is 2.37. The van der Waals surface area contributed by atoms with Gasteiger partial charge >= 0.3 is 5.97 Å². The molecule has 118 valence electrons. The lowest BCUT2D eigenvalue weighted by molar-refractivity contribution is -0.384. The quantitative estimate of drug-likeness (QED) is 0.280. The van der Waals surface area contributed by atoms with Crippen molar-refractivity contribution in [3.63, 3.8) is 0 Å². The number of ether oxygens (including phenoxy) is 1. The van der Waals surface area contributed by atoms with Gasteiger partial charge in [-0.2, -0.15) is 0 Å². The van der Waals surface area contributed by atoms with E-state index in [1.54, 1.807) is 6.07 Å². The van der Waals surface area contributed by atoms with Crippen molar-refractivity contribution in [1.82, 2.24) is 4.98 Å². The zero-order chi connectivity index (χ0) is 17.1. The monoisotopic (exact) mass is 334 g/mol. The number of hydrogen-bond acceptors (Lipinski definition) is 6. The number of benzene rings is 1. The molecule has 0 atom stereocenters. The maximum atomic E-state index is 12.1. The van der Waals surface area contributed by atoms with Gasteiger partial charge in [0.15, 0.2) is 6.29 Å². The van der Waals surface area contributed by atoms with Crippen molar-refractivity contribution in [3.05, 3.63) is 56.4 Å². The van der Waals surface area contributed by atoms with Crippen LogP contribution in [0.2, 0.25) is 5.15 Å². The molecule has 0 bridgehead atoms. The largest absolute Gasteiger partial charge is 0.465 e. The summed E-state index contributed by atoms with van der Waals surface area (Å²) >= 11 is 5.97. The van der Waals surface area contributed by atoms with Crippen LogP contribution in [0.4, 0.5) is 5.69 Å². The third-order valence-corrected chi connectivity index (χ3v) is 3.53. The molecule has 2 aromatic rings. The first-order valence-corrected chi connectivity index (χ1v) is 6.77. The van der Waals surface area contributed by atoms with Crippen LogP contribution in [0.3, 0.4) is 0 Å². The highest BCUT2D eigenvalue weighted by Gasteiger charge is 2.27. The molecule has 0 amide bonds. The minimum Gasteiger partial charge on any atom is -0.465 e. The lowest BCUT2D eigenvalue weighted by atomic mass is 9.94. The highest BCUT2D eigenvalue weighted by atomic mass is 35.5.